The van der Waals surface area contributed by atoms with Crippen molar-refractivity contribution in [1.82, 2.24) is 4.98 Å². The third-order valence-corrected chi connectivity index (χ3v) is 5.46. The van der Waals surface area contributed by atoms with E-state index in [-0.39, 0.29) is 16.7 Å². The Morgan fingerprint density at radius 2 is 2.04 bits per heavy atom. The zero-order valence-electron chi connectivity index (χ0n) is 12.2. The highest BCUT2D eigenvalue weighted by atomic mass is 32.2. The lowest BCUT2D eigenvalue weighted by atomic mass is 10.0. The number of rotatable bonds is 8. The van der Waals surface area contributed by atoms with Gasteiger partial charge in [0.25, 0.3) is 0 Å². The molecule has 1 aromatic carbocycles. The van der Waals surface area contributed by atoms with Crippen molar-refractivity contribution in [1.29, 1.82) is 0 Å². The molecule has 0 bridgehead atoms. The number of hydrogen-bond donors (Lipinski definition) is 3. The van der Waals surface area contributed by atoms with Crippen molar-refractivity contribution >= 4 is 32.5 Å². The Labute approximate surface area is 138 Å². The first-order chi connectivity index (χ1) is 10.8. The molecule has 4 N–H and O–H groups in total. The number of sulfonamides is 1. The fourth-order valence-electron chi connectivity index (χ4n) is 2.05. The van der Waals surface area contributed by atoms with Crippen LogP contribution in [-0.2, 0) is 21.2 Å². The van der Waals surface area contributed by atoms with Crippen LogP contribution < -0.4 is 10.5 Å². The number of aliphatic carboxylic acids is 1. The lowest BCUT2D eigenvalue weighted by molar-refractivity contribution is -0.137. The molecule has 0 radical (unpaired) electrons. The molecule has 0 saturated heterocycles. The third-order valence-electron chi connectivity index (χ3n) is 3.12. The molecule has 124 valence electrons. The number of nitrogens with two attached hydrogens (primary N) is 1. The monoisotopic (exact) mass is 355 g/mol. The van der Waals surface area contributed by atoms with Crippen LogP contribution in [0.3, 0.4) is 0 Å². The summed E-state index contributed by atoms with van der Waals surface area (Å²) in [5.41, 5.74) is 1.05. The van der Waals surface area contributed by atoms with Gasteiger partial charge >= 0.3 is 5.97 Å². The van der Waals surface area contributed by atoms with Crippen LogP contribution in [0.15, 0.2) is 40.7 Å². The Morgan fingerprint density at radius 1 is 1.35 bits per heavy atom. The van der Waals surface area contributed by atoms with Crippen LogP contribution in [0.4, 0.5) is 5.13 Å². The average Bonchev–Trinajstić information content (AvgIpc) is 2.94. The summed E-state index contributed by atoms with van der Waals surface area (Å²) in [5, 5.41) is 17.4. The van der Waals surface area contributed by atoms with Crippen molar-refractivity contribution in [3.05, 3.63) is 42.1 Å². The highest BCUT2D eigenvalue weighted by Crippen LogP contribution is 2.23. The van der Waals surface area contributed by atoms with Gasteiger partial charge in [-0.05, 0) is 18.4 Å². The second-order valence-electron chi connectivity index (χ2n) is 4.99. The van der Waals surface area contributed by atoms with E-state index in [4.69, 9.17) is 10.2 Å². The summed E-state index contributed by atoms with van der Waals surface area (Å²) in [5.74, 6) is -0.880. The van der Waals surface area contributed by atoms with Crippen LogP contribution in [-0.4, -0.2) is 30.5 Å². The average molecular weight is 355 g/mol. The Bertz CT molecular complexity index is 759. The van der Waals surface area contributed by atoms with Crippen LogP contribution >= 0.6 is 11.3 Å². The molecule has 23 heavy (non-hydrogen) atoms. The van der Waals surface area contributed by atoms with Crippen molar-refractivity contribution < 1.29 is 18.3 Å². The van der Waals surface area contributed by atoms with E-state index >= 15 is 0 Å². The SMILES string of the molecule is NS(=O)(=O)c1cnc(NC(CCC(=O)O)Cc2ccccc2)s1. The standard InChI is InChI=1S/C14H17N3O4S2/c15-23(20,21)13-9-16-14(22-13)17-11(6-7-12(18)19)8-10-4-2-1-3-5-10/h1-5,9,11H,6-8H2,(H,16,17)(H,18,19)(H2,15,20,21). The Morgan fingerprint density at radius 3 is 2.61 bits per heavy atom. The lowest BCUT2D eigenvalue weighted by Gasteiger charge is -2.17. The molecule has 0 saturated carbocycles. The summed E-state index contributed by atoms with van der Waals surface area (Å²) in [7, 11) is -3.78. The van der Waals surface area contributed by atoms with Crippen LogP contribution in [0.1, 0.15) is 18.4 Å². The number of carboxylic acid groups (broad SMARTS) is 1. The van der Waals surface area contributed by atoms with E-state index in [1.165, 1.54) is 6.20 Å². The number of nitrogens with zero attached hydrogens (tertiary/aromatic N) is 1. The van der Waals surface area contributed by atoms with Gasteiger partial charge in [0.1, 0.15) is 0 Å². The summed E-state index contributed by atoms with van der Waals surface area (Å²) in [6.45, 7) is 0. The largest absolute Gasteiger partial charge is 0.481 e. The number of benzene rings is 1. The van der Waals surface area contributed by atoms with E-state index < -0.39 is 16.0 Å². The summed E-state index contributed by atoms with van der Waals surface area (Å²) in [4.78, 5) is 14.8. The first kappa shape index (κ1) is 17.4. The molecule has 1 atom stereocenters. The first-order valence-electron chi connectivity index (χ1n) is 6.85. The summed E-state index contributed by atoms with van der Waals surface area (Å²) in [6, 6.07) is 9.45. The summed E-state index contributed by atoms with van der Waals surface area (Å²) in [6.07, 6.45) is 2.21. The van der Waals surface area contributed by atoms with Gasteiger partial charge in [-0.2, -0.15) is 0 Å². The summed E-state index contributed by atoms with van der Waals surface area (Å²) < 4.78 is 22.5. The maximum Gasteiger partial charge on any atom is 0.303 e. The van der Waals surface area contributed by atoms with E-state index in [9.17, 15) is 13.2 Å². The first-order valence-corrected chi connectivity index (χ1v) is 9.22. The molecule has 9 heteroatoms. The smallest absolute Gasteiger partial charge is 0.303 e. The Kier molecular flexibility index (Phi) is 5.69. The molecule has 2 rings (SSSR count). The summed E-state index contributed by atoms with van der Waals surface area (Å²) >= 11 is 0.930. The molecule has 1 heterocycles. The molecule has 7 nitrogen and oxygen atoms in total. The zero-order valence-corrected chi connectivity index (χ0v) is 13.8. The molecule has 0 amide bonds. The molecular formula is C14H17N3O4S2. The van der Waals surface area contributed by atoms with Crippen molar-refractivity contribution in [2.45, 2.75) is 29.5 Å². The molecule has 0 fully saturated rings. The Balaban J connectivity index is 2.10. The second-order valence-corrected chi connectivity index (χ2v) is 7.81. The maximum absolute atomic E-state index is 11.3. The number of thiazole rings is 1. The van der Waals surface area contributed by atoms with Crippen molar-refractivity contribution in [3.8, 4) is 0 Å². The van der Waals surface area contributed by atoms with E-state index in [2.05, 4.69) is 10.3 Å². The molecule has 0 aliphatic rings. The molecule has 1 aromatic heterocycles. The lowest BCUT2D eigenvalue weighted by Crippen LogP contribution is -2.23. The second kappa shape index (κ2) is 7.53. The minimum atomic E-state index is -3.78. The molecular weight excluding hydrogens is 338 g/mol. The topological polar surface area (TPSA) is 122 Å². The highest BCUT2D eigenvalue weighted by Gasteiger charge is 2.17. The molecule has 0 aliphatic carbocycles. The van der Waals surface area contributed by atoms with Crippen LogP contribution in [0, 0.1) is 0 Å². The minimum absolute atomic E-state index is 0.0118. The predicted octanol–water partition coefficient (Wildman–Crippen LogP) is 1.68. The maximum atomic E-state index is 11.3. The molecule has 1 unspecified atom stereocenters. The fourth-order valence-corrected chi connectivity index (χ4v) is 3.58. The quantitative estimate of drug-likeness (QED) is 0.662. The van der Waals surface area contributed by atoms with Crippen LogP contribution in [0.25, 0.3) is 0 Å². The number of primary sulfonamides is 1. The van der Waals surface area contributed by atoms with E-state index in [0.29, 0.717) is 18.0 Å². The Hall–Kier alpha value is -1.97. The third kappa shape index (κ3) is 5.62. The molecule has 0 aliphatic heterocycles. The van der Waals surface area contributed by atoms with Gasteiger partial charge in [0.05, 0.1) is 6.20 Å². The number of carboxylic acids is 1. The van der Waals surface area contributed by atoms with Gasteiger partial charge in [-0.15, -0.1) is 0 Å². The highest BCUT2D eigenvalue weighted by molar-refractivity contribution is 7.91. The van der Waals surface area contributed by atoms with Gasteiger partial charge in [-0.3, -0.25) is 4.79 Å². The number of nitrogens with one attached hydrogen (secondary N) is 1. The number of anilines is 1. The van der Waals surface area contributed by atoms with Gasteiger partial charge in [0.15, 0.2) is 9.34 Å². The molecule has 0 spiro atoms. The van der Waals surface area contributed by atoms with Crippen molar-refractivity contribution in [2.24, 2.45) is 5.14 Å². The zero-order chi connectivity index (χ0) is 16.9. The van der Waals surface area contributed by atoms with Gasteiger partial charge in [-0.25, -0.2) is 18.5 Å². The van der Waals surface area contributed by atoms with Gasteiger partial charge < -0.3 is 10.4 Å². The van der Waals surface area contributed by atoms with Crippen molar-refractivity contribution in [2.75, 3.05) is 5.32 Å². The van der Waals surface area contributed by atoms with Gasteiger partial charge in [0.2, 0.25) is 10.0 Å². The van der Waals surface area contributed by atoms with Crippen LogP contribution in [0.2, 0.25) is 0 Å². The minimum Gasteiger partial charge on any atom is -0.481 e. The van der Waals surface area contributed by atoms with E-state index in [0.717, 1.165) is 16.9 Å². The predicted molar refractivity (Wildman–Crippen MR) is 87.9 cm³/mol. The molecule has 2 aromatic rings. The number of hydrogen-bond acceptors (Lipinski definition) is 6. The van der Waals surface area contributed by atoms with Crippen LogP contribution in [0.5, 0.6) is 0 Å². The fraction of sp³-hybridized carbons (Fsp3) is 0.286. The van der Waals surface area contributed by atoms with E-state index in [1.54, 1.807) is 0 Å². The number of carbonyl (C=O) groups is 1. The van der Waals surface area contributed by atoms with Crippen molar-refractivity contribution in [3.63, 3.8) is 0 Å². The number of aromatic nitrogens is 1. The van der Waals surface area contributed by atoms with Gasteiger partial charge in [0, 0.05) is 12.5 Å². The normalized spacial score (nSPS) is 12.7. The van der Waals surface area contributed by atoms with Gasteiger partial charge in [-0.1, -0.05) is 41.7 Å². The van der Waals surface area contributed by atoms with E-state index in [1.807, 2.05) is 30.3 Å².